The van der Waals surface area contributed by atoms with Crippen molar-refractivity contribution >= 4 is 23.2 Å². The van der Waals surface area contributed by atoms with Crippen molar-refractivity contribution in [1.29, 1.82) is 0 Å². The van der Waals surface area contributed by atoms with Crippen LogP contribution in [0.2, 0.25) is 0 Å². The molecule has 0 saturated heterocycles. The highest BCUT2D eigenvalue weighted by Gasteiger charge is 2.13. The molecule has 0 aliphatic heterocycles. The van der Waals surface area contributed by atoms with Gasteiger partial charge in [-0.15, -0.1) is 0 Å². The first kappa shape index (κ1) is 27.0. The van der Waals surface area contributed by atoms with E-state index in [-0.39, 0.29) is 17.1 Å². The van der Waals surface area contributed by atoms with Gasteiger partial charge in [0.1, 0.15) is 36.0 Å². The minimum Gasteiger partial charge on any atom is -0.507 e. The summed E-state index contributed by atoms with van der Waals surface area (Å²) in [6.07, 6.45) is 0.602. The third-order valence-corrected chi connectivity index (χ3v) is 5.59. The molecule has 5 aromatic rings. The predicted molar refractivity (Wildman–Crippen MR) is 147 cm³/mol. The van der Waals surface area contributed by atoms with Gasteiger partial charge in [-0.1, -0.05) is 60.7 Å². The molecule has 0 amide bonds. The van der Waals surface area contributed by atoms with E-state index in [0.29, 0.717) is 37.4 Å². The second-order valence-corrected chi connectivity index (χ2v) is 8.42. The standard InChI is InChI=1S/C18H16O4.C14H12O3/c1-2-20-18(19)17-11-14-10-15(8-9-16(14)22-17)21-12-13-6-4-3-5-7-13;15-9-12-8-13(6-7-14(12)16)17-10-11-4-2-1-3-5-11/h3-11H,2,12H2,1H3;1-9,16H,10H2. The van der Waals surface area contributed by atoms with Crippen LogP contribution in [0.15, 0.2) is 108 Å². The molecule has 1 N–H and O–H groups in total. The molecule has 7 heteroatoms. The highest BCUT2D eigenvalue weighted by molar-refractivity contribution is 5.93. The number of fused-ring (bicyclic) bond motifs is 1. The number of rotatable bonds is 9. The molecule has 0 radical (unpaired) electrons. The summed E-state index contributed by atoms with van der Waals surface area (Å²) in [6.45, 7) is 3.01. The first-order chi connectivity index (χ1) is 19.1. The number of carbonyl (C=O) groups excluding carboxylic acids is 2. The van der Waals surface area contributed by atoms with Crippen LogP contribution in [-0.2, 0) is 18.0 Å². The van der Waals surface area contributed by atoms with Crippen LogP contribution in [0, 0.1) is 0 Å². The summed E-state index contributed by atoms with van der Waals surface area (Å²) in [5.41, 5.74) is 3.01. The monoisotopic (exact) mass is 524 g/mol. The number of hydrogen-bond acceptors (Lipinski definition) is 7. The molecule has 198 valence electrons. The number of benzene rings is 4. The molecule has 0 fully saturated rings. The Morgan fingerprint density at radius 1 is 0.795 bits per heavy atom. The van der Waals surface area contributed by atoms with Gasteiger partial charge in [0, 0.05) is 5.39 Å². The molecule has 0 saturated carbocycles. The van der Waals surface area contributed by atoms with E-state index in [2.05, 4.69) is 0 Å². The molecule has 0 aliphatic rings. The lowest BCUT2D eigenvalue weighted by Crippen LogP contribution is -2.02. The lowest BCUT2D eigenvalue weighted by Gasteiger charge is -2.07. The number of furan rings is 1. The molecule has 1 aromatic heterocycles. The van der Waals surface area contributed by atoms with Crippen molar-refractivity contribution in [2.45, 2.75) is 20.1 Å². The minimum absolute atomic E-state index is 0.0351. The largest absolute Gasteiger partial charge is 0.507 e. The Hall–Kier alpha value is -5.04. The van der Waals surface area contributed by atoms with E-state index in [9.17, 15) is 14.7 Å². The van der Waals surface area contributed by atoms with Gasteiger partial charge in [-0.3, -0.25) is 4.79 Å². The van der Waals surface area contributed by atoms with Gasteiger partial charge >= 0.3 is 5.97 Å². The summed E-state index contributed by atoms with van der Waals surface area (Å²) in [7, 11) is 0. The van der Waals surface area contributed by atoms with E-state index in [1.165, 1.54) is 12.1 Å². The number of carbonyl (C=O) groups is 2. The van der Waals surface area contributed by atoms with E-state index in [1.807, 2.05) is 72.8 Å². The van der Waals surface area contributed by atoms with Crippen molar-refractivity contribution in [3.05, 3.63) is 126 Å². The molecule has 0 atom stereocenters. The van der Waals surface area contributed by atoms with Gasteiger partial charge < -0.3 is 23.7 Å². The Kier molecular flexibility index (Phi) is 9.34. The molecule has 0 aliphatic carbocycles. The van der Waals surface area contributed by atoms with Gasteiger partial charge in [0.2, 0.25) is 5.76 Å². The quantitative estimate of drug-likeness (QED) is 0.164. The van der Waals surface area contributed by atoms with Crippen molar-refractivity contribution in [2.24, 2.45) is 0 Å². The van der Waals surface area contributed by atoms with Gasteiger partial charge in [0.25, 0.3) is 0 Å². The van der Waals surface area contributed by atoms with E-state index in [0.717, 1.165) is 22.3 Å². The van der Waals surface area contributed by atoms with E-state index < -0.39 is 5.97 Å². The van der Waals surface area contributed by atoms with Crippen molar-refractivity contribution < 1.29 is 33.3 Å². The summed E-state index contributed by atoms with van der Waals surface area (Å²) in [5.74, 6) is 1.01. The van der Waals surface area contributed by atoms with Crippen LogP contribution in [0.3, 0.4) is 0 Å². The third-order valence-electron chi connectivity index (χ3n) is 5.59. The van der Waals surface area contributed by atoms with E-state index in [1.54, 1.807) is 25.1 Å². The molecule has 5 rings (SSSR count). The Morgan fingerprint density at radius 2 is 1.38 bits per heavy atom. The maximum atomic E-state index is 11.7. The summed E-state index contributed by atoms with van der Waals surface area (Å²) in [5, 5.41) is 10.1. The fourth-order valence-electron chi connectivity index (χ4n) is 3.61. The second kappa shape index (κ2) is 13.5. The molecule has 39 heavy (non-hydrogen) atoms. The molecule has 0 unspecified atom stereocenters. The average molecular weight is 525 g/mol. The van der Waals surface area contributed by atoms with Gasteiger partial charge in [0.15, 0.2) is 6.29 Å². The number of phenols is 1. The van der Waals surface area contributed by atoms with Crippen LogP contribution in [-0.4, -0.2) is 24.0 Å². The van der Waals surface area contributed by atoms with Crippen molar-refractivity contribution in [2.75, 3.05) is 6.61 Å². The molecule has 4 aromatic carbocycles. The molecular weight excluding hydrogens is 496 g/mol. The van der Waals surface area contributed by atoms with Crippen LogP contribution >= 0.6 is 0 Å². The van der Waals surface area contributed by atoms with Crippen molar-refractivity contribution in [1.82, 2.24) is 0 Å². The number of phenolic OH excluding ortho intramolecular Hbond substituents is 1. The van der Waals surface area contributed by atoms with E-state index >= 15 is 0 Å². The fourth-order valence-corrected chi connectivity index (χ4v) is 3.61. The zero-order valence-corrected chi connectivity index (χ0v) is 21.4. The second-order valence-electron chi connectivity index (χ2n) is 8.42. The van der Waals surface area contributed by atoms with Gasteiger partial charge in [-0.25, -0.2) is 4.79 Å². The van der Waals surface area contributed by atoms with E-state index in [4.69, 9.17) is 18.6 Å². The molecular formula is C32H28O7. The number of esters is 1. The topological polar surface area (TPSA) is 95.2 Å². The molecule has 7 nitrogen and oxygen atoms in total. The zero-order chi connectivity index (χ0) is 27.5. The maximum Gasteiger partial charge on any atom is 0.374 e. The Balaban J connectivity index is 0.000000187. The minimum atomic E-state index is -0.453. The van der Waals surface area contributed by atoms with Crippen LogP contribution in [0.25, 0.3) is 11.0 Å². The van der Waals surface area contributed by atoms with Crippen molar-refractivity contribution in [3.63, 3.8) is 0 Å². The Labute approximate surface area is 226 Å². The average Bonchev–Trinajstić information content (AvgIpc) is 3.41. The smallest absolute Gasteiger partial charge is 0.374 e. The molecule has 0 spiro atoms. The Morgan fingerprint density at radius 3 is 1.97 bits per heavy atom. The summed E-state index contributed by atoms with van der Waals surface area (Å²) < 4.78 is 21.7. The number of aromatic hydroxyl groups is 1. The van der Waals surface area contributed by atoms with Crippen LogP contribution in [0.4, 0.5) is 0 Å². The highest BCUT2D eigenvalue weighted by atomic mass is 16.5. The number of aldehydes is 1. The molecule has 1 heterocycles. The lowest BCUT2D eigenvalue weighted by molar-refractivity contribution is 0.0492. The van der Waals surface area contributed by atoms with Gasteiger partial charge in [-0.2, -0.15) is 0 Å². The molecule has 0 bridgehead atoms. The zero-order valence-electron chi connectivity index (χ0n) is 21.4. The maximum absolute atomic E-state index is 11.7. The number of ether oxygens (including phenoxy) is 3. The Bertz CT molecular complexity index is 1510. The fraction of sp³-hybridized carbons (Fsp3) is 0.125. The van der Waals surface area contributed by atoms with Gasteiger partial charge in [0.05, 0.1) is 12.2 Å². The van der Waals surface area contributed by atoms with Gasteiger partial charge in [-0.05, 0) is 60.5 Å². The van der Waals surface area contributed by atoms with Crippen LogP contribution < -0.4 is 9.47 Å². The first-order valence-corrected chi connectivity index (χ1v) is 12.4. The summed E-state index contributed by atoms with van der Waals surface area (Å²) in [6, 6.07) is 31.4. The van der Waals surface area contributed by atoms with Crippen LogP contribution in [0.1, 0.15) is 39.0 Å². The third kappa shape index (κ3) is 7.72. The normalized spacial score (nSPS) is 10.3. The summed E-state index contributed by atoms with van der Waals surface area (Å²) >= 11 is 0. The first-order valence-electron chi connectivity index (χ1n) is 12.4. The lowest BCUT2D eigenvalue weighted by atomic mass is 10.2. The number of hydrogen-bond donors (Lipinski definition) is 1. The highest BCUT2D eigenvalue weighted by Crippen LogP contribution is 2.25. The van der Waals surface area contributed by atoms with Crippen LogP contribution in [0.5, 0.6) is 17.2 Å². The summed E-state index contributed by atoms with van der Waals surface area (Å²) in [4.78, 5) is 22.3. The predicted octanol–water partition coefficient (Wildman–Crippen LogP) is 6.97. The SMILES string of the molecule is CCOC(=O)c1cc2cc(OCc3ccccc3)ccc2o1.O=Cc1cc(OCc2ccccc2)ccc1O. The van der Waals surface area contributed by atoms with Crippen molar-refractivity contribution in [3.8, 4) is 17.2 Å².